The summed E-state index contributed by atoms with van der Waals surface area (Å²) in [6.45, 7) is 11.9. The molecule has 1 aliphatic rings. The van der Waals surface area contributed by atoms with E-state index in [1.165, 1.54) is 17.7 Å². The molecular formula is C15H22N4. The summed E-state index contributed by atoms with van der Waals surface area (Å²) in [6.07, 6.45) is 1.30. The molecule has 102 valence electrons. The van der Waals surface area contributed by atoms with Crippen molar-refractivity contribution in [1.29, 1.82) is 0 Å². The van der Waals surface area contributed by atoms with Crippen LogP contribution in [0.25, 0.3) is 11.0 Å². The lowest BCUT2D eigenvalue weighted by Crippen LogP contribution is -2.07. The van der Waals surface area contributed by atoms with Crippen molar-refractivity contribution >= 4 is 16.9 Å². The van der Waals surface area contributed by atoms with Crippen molar-refractivity contribution in [1.82, 2.24) is 14.5 Å². The lowest BCUT2D eigenvalue weighted by molar-refractivity contribution is 0.499. The van der Waals surface area contributed by atoms with E-state index in [0.717, 1.165) is 29.3 Å². The van der Waals surface area contributed by atoms with Gasteiger partial charge in [0, 0.05) is 12.2 Å². The molecule has 19 heavy (non-hydrogen) atoms. The van der Waals surface area contributed by atoms with Crippen molar-refractivity contribution in [3.8, 4) is 0 Å². The Morgan fingerprint density at radius 1 is 1.26 bits per heavy atom. The standard InChI is InChI=1S/C15H22N4/c1-8-9(2)19(7-11-6-15(11,4)5)14-12(8)13(16)17-10(3)18-14/h11H,6-7H2,1-5H3,(H2,16,17,18). The van der Waals surface area contributed by atoms with Crippen LogP contribution in [0.3, 0.4) is 0 Å². The van der Waals surface area contributed by atoms with Gasteiger partial charge in [0.05, 0.1) is 5.39 Å². The van der Waals surface area contributed by atoms with Gasteiger partial charge < -0.3 is 10.3 Å². The molecule has 2 aromatic heterocycles. The van der Waals surface area contributed by atoms with Gasteiger partial charge in [-0.1, -0.05) is 13.8 Å². The summed E-state index contributed by atoms with van der Waals surface area (Å²) in [5.74, 6) is 2.11. The first-order valence-electron chi connectivity index (χ1n) is 6.91. The third-order valence-electron chi connectivity index (χ3n) is 4.73. The Morgan fingerprint density at radius 3 is 2.47 bits per heavy atom. The Hall–Kier alpha value is -1.58. The smallest absolute Gasteiger partial charge is 0.146 e. The Morgan fingerprint density at radius 2 is 1.89 bits per heavy atom. The van der Waals surface area contributed by atoms with Gasteiger partial charge in [-0.2, -0.15) is 0 Å². The van der Waals surface area contributed by atoms with E-state index in [-0.39, 0.29) is 0 Å². The van der Waals surface area contributed by atoms with Crippen LogP contribution in [0.1, 0.15) is 37.4 Å². The molecule has 3 rings (SSSR count). The summed E-state index contributed by atoms with van der Waals surface area (Å²) in [5, 5.41) is 1.03. The molecule has 4 heteroatoms. The van der Waals surface area contributed by atoms with Gasteiger partial charge in [0.1, 0.15) is 17.3 Å². The molecule has 0 aromatic carbocycles. The average Bonchev–Trinajstić information content (AvgIpc) is 2.83. The van der Waals surface area contributed by atoms with E-state index in [2.05, 4.69) is 42.2 Å². The number of aromatic nitrogens is 3. The molecule has 4 nitrogen and oxygen atoms in total. The zero-order valence-electron chi connectivity index (χ0n) is 12.4. The van der Waals surface area contributed by atoms with E-state index in [1.807, 2.05) is 6.92 Å². The first-order valence-corrected chi connectivity index (χ1v) is 6.91. The molecule has 1 saturated carbocycles. The predicted molar refractivity (Wildman–Crippen MR) is 78.0 cm³/mol. The van der Waals surface area contributed by atoms with E-state index < -0.39 is 0 Å². The predicted octanol–water partition coefficient (Wildman–Crippen LogP) is 2.98. The lowest BCUT2D eigenvalue weighted by Gasteiger charge is -2.09. The first kappa shape index (κ1) is 12.5. The molecule has 0 radical (unpaired) electrons. The van der Waals surface area contributed by atoms with Crippen LogP contribution in [-0.2, 0) is 6.54 Å². The minimum atomic E-state index is 0.477. The van der Waals surface area contributed by atoms with Crippen LogP contribution in [0.2, 0.25) is 0 Å². The van der Waals surface area contributed by atoms with Gasteiger partial charge in [-0.15, -0.1) is 0 Å². The number of nitrogens with zero attached hydrogens (tertiary/aromatic N) is 3. The quantitative estimate of drug-likeness (QED) is 0.901. The van der Waals surface area contributed by atoms with Crippen molar-refractivity contribution in [2.75, 3.05) is 5.73 Å². The molecule has 1 aliphatic carbocycles. The van der Waals surface area contributed by atoms with Gasteiger partial charge in [-0.05, 0) is 44.1 Å². The molecule has 0 saturated heterocycles. The molecule has 2 aromatic rings. The zero-order valence-corrected chi connectivity index (χ0v) is 12.4. The van der Waals surface area contributed by atoms with Crippen LogP contribution in [0.5, 0.6) is 0 Å². The number of nitrogens with two attached hydrogens (primary N) is 1. The summed E-state index contributed by atoms with van der Waals surface area (Å²) in [6, 6.07) is 0. The van der Waals surface area contributed by atoms with E-state index in [9.17, 15) is 0 Å². The maximum Gasteiger partial charge on any atom is 0.146 e. The maximum atomic E-state index is 6.08. The molecule has 0 spiro atoms. The minimum absolute atomic E-state index is 0.477. The van der Waals surface area contributed by atoms with E-state index in [1.54, 1.807) is 0 Å². The Kier molecular flexibility index (Phi) is 2.43. The van der Waals surface area contributed by atoms with Gasteiger partial charge >= 0.3 is 0 Å². The SMILES string of the molecule is Cc1nc(N)c2c(C)c(C)n(CC3CC3(C)C)c2n1. The average molecular weight is 258 g/mol. The van der Waals surface area contributed by atoms with Crippen LogP contribution >= 0.6 is 0 Å². The molecule has 0 bridgehead atoms. The maximum absolute atomic E-state index is 6.08. The van der Waals surface area contributed by atoms with Crippen LogP contribution in [0.4, 0.5) is 5.82 Å². The van der Waals surface area contributed by atoms with E-state index in [4.69, 9.17) is 5.73 Å². The topological polar surface area (TPSA) is 56.7 Å². The number of hydrogen-bond acceptors (Lipinski definition) is 3. The van der Waals surface area contributed by atoms with Crippen molar-refractivity contribution in [3.63, 3.8) is 0 Å². The van der Waals surface area contributed by atoms with E-state index >= 15 is 0 Å². The number of rotatable bonds is 2. The fraction of sp³-hybridized carbons (Fsp3) is 0.600. The highest BCUT2D eigenvalue weighted by Gasteiger charge is 2.45. The minimum Gasteiger partial charge on any atom is -0.383 e. The molecule has 0 amide bonds. The third-order valence-corrected chi connectivity index (χ3v) is 4.73. The van der Waals surface area contributed by atoms with Gasteiger partial charge in [0.2, 0.25) is 0 Å². The highest BCUT2D eigenvalue weighted by molar-refractivity contribution is 5.91. The molecule has 1 fully saturated rings. The molecule has 2 heterocycles. The summed E-state index contributed by atoms with van der Waals surface area (Å²) in [5.41, 5.74) is 10.0. The van der Waals surface area contributed by atoms with Crippen molar-refractivity contribution in [2.45, 2.75) is 47.6 Å². The van der Waals surface area contributed by atoms with Gasteiger partial charge in [0.25, 0.3) is 0 Å². The molecule has 2 N–H and O–H groups in total. The molecule has 1 atom stereocenters. The van der Waals surface area contributed by atoms with Crippen LogP contribution in [0, 0.1) is 32.1 Å². The number of anilines is 1. The fourth-order valence-electron chi connectivity index (χ4n) is 3.01. The monoisotopic (exact) mass is 258 g/mol. The largest absolute Gasteiger partial charge is 0.383 e. The van der Waals surface area contributed by atoms with Gasteiger partial charge in [-0.3, -0.25) is 0 Å². The van der Waals surface area contributed by atoms with Crippen molar-refractivity contribution in [2.24, 2.45) is 11.3 Å². The highest BCUT2D eigenvalue weighted by atomic mass is 15.1. The molecular weight excluding hydrogens is 236 g/mol. The van der Waals surface area contributed by atoms with Crippen molar-refractivity contribution < 1.29 is 0 Å². The third kappa shape index (κ3) is 1.81. The van der Waals surface area contributed by atoms with E-state index in [0.29, 0.717) is 11.2 Å². The Balaban J connectivity index is 2.16. The number of nitrogen functional groups attached to an aromatic ring is 1. The van der Waals surface area contributed by atoms with Crippen LogP contribution < -0.4 is 5.73 Å². The Labute approximate surface area is 114 Å². The fourth-order valence-corrected chi connectivity index (χ4v) is 3.01. The molecule has 0 aliphatic heterocycles. The van der Waals surface area contributed by atoms with Crippen LogP contribution in [-0.4, -0.2) is 14.5 Å². The zero-order chi connectivity index (χ0) is 13.9. The second-order valence-corrected chi connectivity index (χ2v) is 6.57. The number of hydrogen-bond donors (Lipinski definition) is 1. The number of fused-ring (bicyclic) bond motifs is 1. The lowest BCUT2D eigenvalue weighted by atomic mass is 10.1. The summed E-state index contributed by atoms with van der Waals surface area (Å²) >= 11 is 0. The normalized spacial score (nSPS) is 21.0. The van der Waals surface area contributed by atoms with Gasteiger partial charge in [0.15, 0.2) is 0 Å². The molecule has 1 unspecified atom stereocenters. The van der Waals surface area contributed by atoms with Crippen molar-refractivity contribution in [3.05, 3.63) is 17.1 Å². The summed E-state index contributed by atoms with van der Waals surface area (Å²) in [7, 11) is 0. The second kappa shape index (κ2) is 3.71. The first-order chi connectivity index (χ1) is 8.81. The van der Waals surface area contributed by atoms with Crippen LogP contribution in [0.15, 0.2) is 0 Å². The number of aryl methyl sites for hydroxylation is 2. The highest BCUT2D eigenvalue weighted by Crippen LogP contribution is 2.53. The van der Waals surface area contributed by atoms with Gasteiger partial charge in [-0.25, -0.2) is 9.97 Å². The summed E-state index contributed by atoms with van der Waals surface area (Å²) in [4.78, 5) is 8.91. The summed E-state index contributed by atoms with van der Waals surface area (Å²) < 4.78 is 2.33. The second-order valence-electron chi connectivity index (χ2n) is 6.57. The Bertz CT molecular complexity index is 667.